The van der Waals surface area contributed by atoms with E-state index >= 15 is 0 Å². The Labute approximate surface area is 174 Å². The predicted octanol–water partition coefficient (Wildman–Crippen LogP) is 4.78. The highest BCUT2D eigenvalue weighted by molar-refractivity contribution is 14.1. The second-order valence-electron chi connectivity index (χ2n) is 5.88. The third kappa shape index (κ3) is 3.54. The van der Waals surface area contributed by atoms with Crippen molar-refractivity contribution in [3.8, 4) is 5.69 Å². The third-order valence-corrected chi connectivity index (χ3v) is 5.06. The van der Waals surface area contributed by atoms with Crippen LogP contribution in [0, 0.1) is 10.5 Å². The molecular formula is C20H13ClIN3O2. The number of ether oxygens (including phenoxy) is 1. The summed E-state index contributed by atoms with van der Waals surface area (Å²) in [7, 11) is 0. The van der Waals surface area contributed by atoms with Crippen LogP contribution in [0.1, 0.15) is 16.8 Å². The Kier molecular flexibility index (Phi) is 4.84. The number of hydrogen-bond donors (Lipinski definition) is 0. The van der Waals surface area contributed by atoms with Crippen molar-refractivity contribution in [2.75, 3.05) is 0 Å². The zero-order chi connectivity index (χ0) is 19.0. The minimum absolute atomic E-state index is 0.196. The molecule has 2 aromatic carbocycles. The molecule has 0 spiro atoms. The number of carbonyl (C=O) groups is 1. The lowest BCUT2D eigenvalue weighted by Gasteiger charge is -2.01. The second kappa shape index (κ2) is 7.28. The molecule has 0 fully saturated rings. The quantitative estimate of drug-likeness (QED) is 0.302. The summed E-state index contributed by atoms with van der Waals surface area (Å²) >= 11 is 8.72. The Morgan fingerprint density at radius 3 is 2.67 bits per heavy atom. The fourth-order valence-electron chi connectivity index (χ4n) is 2.71. The van der Waals surface area contributed by atoms with E-state index in [-0.39, 0.29) is 11.6 Å². The molecule has 1 aliphatic heterocycles. The van der Waals surface area contributed by atoms with Gasteiger partial charge in [0.15, 0.2) is 5.70 Å². The predicted molar refractivity (Wildman–Crippen MR) is 113 cm³/mol. The standard InChI is InChI=1S/C20H13ClIN3O2/c1-12-16(18(21)25(24-12)15-8-3-2-4-9-15)11-17-20(26)27-19(23-17)13-6-5-7-14(22)10-13/h2-11H,1H3/b17-11+. The van der Waals surface area contributed by atoms with E-state index in [1.807, 2.05) is 61.5 Å². The van der Waals surface area contributed by atoms with Gasteiger partial charge in [0, 0.05) is 14.7 Å². The number of cyclic esters (lactones) is 1. The fraction of sp³-hybridized carbons (Fsp3) is 0.0500. The Bertz CT molecular complexity index is 1100. The summed E-state index contributed by atoms with van der Waals surface area (Å²) in [6, 6.07) is 17.2. The zero-order valence-electron chi connectivity index (χ0n) is 14.2. The number of halogens is 2. The van der Waals surface area contributed by atoms with E-state index in [0.29, 0.717) is 16.4 Å². The Balaban J connectivity index is 1.74. The first-order valence-electron chi connectivity index (χ1n) is 8.12. The molecule has 0 amide bonds. The van der Waals surface area contributed by atoms with Crippen molar-refractivity contribution < 1.29 is 9.53 Å². The van der Waals surface area contributed by atoms with Crippen LogP contribution in [0.5, 0.6) is 0 Å². The van der Waals surface area contributed by atoms with Crippen molar-refractivity contribution in [2.24, 2.45) is 4.99 Å². The summed E-state index contributed by atoms with van der Waals surface area (Å²) in [5.41, 5.74) is 3.12. The van der Waals surface area contributed by atoms with Crippen molar-refractivity contribution in [1.29, 1.82) is 0 Å². The van der Waals surface area contributed by atoms with Crippen LogP contribution in [-0.2, 0) is 9.53 Å². The molecule has 0 aliphatic carbocycles. The van der Waals surface area contributed by atoms with Crippen molar-refractivity contribution in [3.63, 3.8) is 0 Å². The number of esters is 1. The van der Waals surface area contributed by atoms with Gasteiger partial charge in [0.05, 0.1) is 11.4 Å². The minimum atomic E-state index is -0.508. The summed E-state index contributed by atoms with van der Waals surface area (Å²) in [6.45, 7) is 1.84. The molecule has 134 valence electrons. The molecule has 0 bridgehead atoms. The topological polar surface area (TPSA) is 56.5 Å². The molecule has 1 aromatic heterocycles. The number of aliphatic imine (C=N–C) groups is 1. The second-order valence-corrected chi connectivity index (χ2v) is 7.49. The monoisotopic (exact) mass is 489 g/mol. The lowest BCUT2D eigenvalue weighted by atomic mass is 10.2. The molecule has 4 rings (SSSR count). The van der Waals surface area contributed by atoms with E-state index in [1.54, 1.807) is 10.8 Å². The number of hydrogen-bond acceptors (Lipinski definition) is 4. The summed E-state index contributed by atoms with van der Waals surface area (Å²) in [5.74, 6) is -0.221. The van der Waals surface area contributed by atoms with Gasteiger partial charge in [-0.2, -0.15) is 5.10 Å². The molecule has 1 aliphatic rings. The molecule has 2 heterocycles. The van der Waals surface area contributed by atoms with Gasteiger partial charge < -0.3 is 4.74 Å². The minimum Gasteiger partial charge on any atom is -0.402 e. The smallest absolute Gasteiger partial charge is 0.363 e. The van der Waals surface area contributed by atoms with E-state index in [2.05, 4.69) is 32.7 Å². The summed E-state index contributed by atoms with van der Waals surface area (Å²) in [6.07, 6.45) is 1.62. The summed E-state index contributed by atoms with van der Waals surface area (Å²) < 4.78 is 7.99. The number of aryl methyl sites for hydroxylation is 1. The molecule has 0 N–H and O–H groups in total. The van der Waals surface area contributed by atoms with Crippen LogP contribution in [0.4, 0.5) is 0 Å². The van der Waals surface area contributed by atoms with Crippen LogP contribution in [0.3, 0.4) is 0 Å². The van der Waals surface area contributed by atoms with E-state index < -0.39 is 5.97 Å². The first-order chi connectivity index (χ1) is 13.0. The van der Waals surface area contributed by atoms with Crippen molar-refractivity contribution in [1.82, 2.24) is 9.78 Å². The Morgan fingerprint density at radius 1 is 1.15 bits per heavy atom. The number of para-hydroxylation sites is 1. The van der Waals surface area contributed by atoms with Crippen LogP contribution >= 0.6 is 34.2 Å². The van der Waals surface area contributed by atoms with Crippen molar-refractivity contribution >= 4 is 52.1 Å². The maximum Gasteiger partial charge on any atom is 0.363 e. The molecule has 5 nitrogen and oxygen atoms in total. The molecule has 0 saturated carbocycles. The van der Waals surface area contributed by atoms with Gasteiger partial charge in [-0.3, -0.25) is 0 Å². The Morgan fingerprint density at radius 2 is 1.93 bits per heavy atom. The highest BCUT2D eigenvalue weighted by Gasteiger charge is 2.25. The van der Waals surface area contributed by atoms with E-state index in [0.717, 1.165) is 14.8 Å². The summed E-state index contributed by atoms with van der Waals surface area (Å²) in [5, 5.41) is 4.89. The van der Waals surface area contributed by atoms with Crippen molar-refractivity contribution in [2.45, 2.75) is 6.92 Å². The van der Waals surface area contributed by atoms with Crippen LogP contribution in [0.25, 0.3) is 11.8 Å². The first kappa shape index (κ1) is 17.9. The van der Waals surface area contributed by atoms with Gasteiger partial charge in [-0.1, -0.05) is 35.9 Å². The highest BCUT2D eigenvalue weighted by Crippen LogP contribution is 2.28. The summed E-state index contributed by atoms with van der Waals surface area (Å²) in [4.78, 5) is 16.6. The van der Waals surface area contributed by atoms with Gasteiger partial charge in [0.25, 0.3) is 0 Å². The Hall–Kier alpha value is -2.45. The van der Waals surface area contributed by atoms with E-state index in [9.17, 15) is 4.79 Å². The van der Waals surface area contributed by atoms with Crippen LogP contribution in [0.15, 0.2) is 65.3 Å². The molecule has 0 saturated heterocycles. The van der Waals surface area contributed by atoms with Crippen LogP contribution < -0.4 is 0 Å². The number of rotatable bonds is 3. The normalized spacial score (nSPS) is 15.1. The van der Waals surface area contributed by atoms with Crippen LogP contribution in [0.2, 0.25) is 5.15 Å². The molecule has 0 atom stereocenters. The lowest BCUT2D eigenvalue weighted by Crippen LogP contribution is -2.05. The van der Waals surface area contributed by atoms with Crippen LogP contribution in [-0.4, -0.2) is 21.6 Å². The lowest BCUT2D eigenvalue weighted by molar-refractivity contribution is -0.129. The number of benzene rings is 2. The van der Waals surface area contributed by atoms with Gasteiger partial charge >= 0.3 is 5.97 Å². The molecule has 0 unspecified atom stereocenters. The molecule has 7 heteroatoms. The molecule has 0 radical (unpaired) electrons. The average molecular weight is 490 g/mol. The zero-order valence-corrected chi connectivity index (χ0v) is 17.1. The third-order valence-electron chi connectivity index (χ3n) is 4.02. The molecule has 27 heavy (non-hydrogen) atoms. The maximum atomic E-state index is 12.3. The number of carbonyl (C=O) groups excluding carboxylic acids is 1. The highest BCUT2D eigenvalue weighted by atomic mass is 127. The average Bonchev–Trinajstić information content (AvgIpc) is 3.17. The number of aromatic nitrogens is 2. The fourth-order valence-corrected chi connectivity index (χ4v) is 3.58. The van der Waals surface area contributed by atoms with Gasteiger partial charge in [0.2, 0.25) is 5.90 Å². The largest absolute Gasteiger partial charge is 0.402 e. The van der Waals surface area contributed by atoms with Gasteiger partial charge in [-0.25, -0.2) is 14.5 Å². The van der Waals surface area contributed by atoms with E-state index in [1.165, 1.54) is 0 Å². The first-order valence-corrected chi connectivity index (χ1v) is 9.57. The van der Waals surface area contributed by atoms with Gasteiger partial charge in [0.1, 0.15) is 5.15 Å². The molecule has 3 aromatic rings. The molecular weight excluding hydrogens is 477 g/mol. The van der Waals surface area contributed by atoms with Gasteiger partial charge in [-0.15, -0.1) is 0 Å². The van der Waals surface area contributed by atoms with Gasteiger partial charge in [-0.05, 0) is 65.9 Å². The number of nitrogens with zero attached hydrogens (tertiary/aromatic N) is 3. The van der Waals surface area contributed by atoms with E-state index in [4.69, 9.17) is 16.3 Å². The maximum absolute atomic E-state index is 12.3. The van der Waals surface area contributed by atoms with Crippen molar-refractivity contribution in [3.05, 3.63) is 85.8 Å². The SMILES string of the molecule is Cc1nn(-c2ccccc2)c(Cl)c1/C=C1/N=C(c2cccc(I)c2)OC1=O.